The third-order valence-electron chi connectivity index (χ3n) is 7.36. The molecule has 194 valence electrons. The van der Waals surface area contributed by atoms with Crippen molar-refractivity contribution in [3.8, 4) is 0 Å². The van der Waals surface area contributed by atoms with Crippen molar-refractivity contribution in [3.63, 3.8) is 0 Å². The van der Waals surface area contributed by atoms with Crippen LogP contribution in [0.1, 0.15) is 74.7 Å². The Bertz CT molecular complexity index is 1230. The van der Waals surface area contributed by atoms with Gasteiger partial charge in [0.2, 0.25) is 10.0 Å². The van der Waals surface area contributed by atoms with Gasteiger partial charge in [0.05, 0.1) is 18.9 Å². The van der Waals surface area contributed by atoms with Crippen molar-refractivity contribution in [1.82, 2.24) is 9.62 Å². The molecule has 0 aromatic heterocycles. The number of fused-ring (bicyclic) bond motifs is 1. The minimum Gasteiger partial charge on any atom is -0.465 e. The maximum atomic E-state index is 14.2. The molecule has 4 atom stereocenters. The summed E-state index contributed by atoms with van der Waals surface area (Å²) in [7, 11) is -3.49. The third kappa shape index (κ3) is 5.34. The molecule has 0 bridgehead atoms. The maximum Gasteiger partial charge on any atom is 0.315 e. The minimum atomic E-state index is -3.49. The molecule has 8 heteroatoms. The number of amides is 1. The second kappa shape index (κ2) is 10.7. The fourth-order valence-electron chi connectivity index (χ4n) is 5.96. The quantitative estimate of drug-likeness (QED) is 0.576. The molecular weight excluding hydrogens is 476 g/mol. The Labute approximate surface area is 214 Å². The van der Waals surface area contributed by atoms with Gasteiger partial charge in [0, 0.05) is 17.6 Å². The minimum absolute atomic E-state index is 0.175. The van der Waals surface area contributed by atoms with E-state index in [1.807, 2.05) is 26.0 Å². The molecule has 1 heterocycles. The Morgan fingerprint density at radius 3 is 2.58 bits per heavy atom. The second-order valence-corrected chi connectivity index (χ2v) is 11.8. The number of allylic oxidation sites excluding steroid dienone is 4. The lowest BCUT2D eigenvalue weighted by Gasteiger charge is -2.49. The van der Waals surface area contributed by atoms with Crippen molar-refractivity contribution >= 4 is 21.9 Å². The van der Waals surface area contributed by atoms with Crippen LogP contribution < -0.4 is 4.72 Å². The van der Waals surface area contributed by atoms with E-state index in [0.717, 1.165) is 35.8 Å². The zero-order valence-electron chi connectivity index (χ0n) is 21.5. The van der Waals surface area contributed by atoms with Crippen molar-refractivity contribution in [2.75, 3.05) is 12.9 Å². The van der Waals surface area contributed by atoms with Crippen LogP contribution in [0.25, 0.3) is 0 Å². The van der Waals surface area contributed by atoms with E-state index in [4.69, 9.17) is 4.74 Å². The van der Waals surface area contributed by atoms with Crippen molar-refractivity contribution < 1.29 is 22.7 Å². The third-order valence-corrected chi connectivity index (χ3v) is 8.10. The standard InChI is InChI=1S/C28H36N2O5S/c1-5-35-28(32)25-21-12-6-7-13-22(21)27(31)30(24-16-9-8-15-23(24)29-36(4,33)34)26(25)20-14-10-11-18(2)17-19(20)3/h6-7,11-14,17,23-26,29H,5,8-10,15-16H2,1-4H3. The highest BCUT2D eigenvalue weighted by atomic mass is 32.2. The van der Waals surface area contributed by atoms with E-state index in [1.165, 1.54) is 0 Å². The van der Waals surface area contributed by atoms with Gasteiger partial charge in [-0.15, -0.1) is 0 Å². The summed E-state index contributed by atoms with van der Waals surface area (Å²) >= 11 is 0. The molecule has 1 N–H and O–H groups in total. The Balaban J connectivity index is 1.93. The molecular formula is C28H36N2O5S. The van der Waals surface area contributed by atoms with Crippen LogP contribution in [0.3, 0.4) is 0 Å². The second-order valence-electron chi connectivity index (χ2n) is 9.99. The first kappa shape index (κ1) is 26.4. The van der Waals surface area contributed by atoms with Gasteiger partial charge in [0.1, 0.15) is 5.92 Å². The lowest BCUT2D eigenvalue weighted by atomic mass is 9.75. The zero-order valence-corrected chi connectivity index (χ0v) is 22.3. The molecule has 1 aromatic rings. The molecule has 0 saturated heterocycles. The molecule has 1 amide bonds. The monoisotopic (exact) mass is 512 g/mol. The predicted molar refractivity (Wildman–Crippen MR) is 140 cm³/mol. The first-order chi connectivity index (χ1) is 17.1. The van der Waals surface area contributed by atoms with Crippen molar-refractivity contribution in [2.24, 2.45) is 0 Å². The van der Waals surface area contributed by atoms with Gasteiger partial charge in [0.25, 0.3) is 5.91 Å². The van der Waals surface area contributed by atoms with Gasteiger partial charge in [-0.2, -0.15) is 0 Å². The van der Waals surface area contributed by atoms with Gasteiger partial charge in [-0.05, 0) is 62.8 Å². The SMILES string of the molecule is CCOC(=O)C1c2ccccc2C(=O)N(C2CCCCC2NS(C)(=O)=O)C1C1=CCC=C(C)C=C1C. The highest BCUT2D eigenvalue weighted by Gasteiger charge is 2.50. The molecule has 4 unspecified atom stereocenters. The fourth-order valence-corrected chi connectivity index (χ4v) is 6.79. The summed E-state index contributed by atoms with van der Waals surface area (Å²) in [6, 6.07) is 5.82. The van der Waals surface area contributed by atoms with E-state index in [9.17, 15) is 18.0 Å². The average molecular weight is 513 g/mol. The first-order valence-electron chi connectivity index (χ1n) is 12.7. The van der Waals surface area contributed by atoms with Gasteiger partial charge in [-0.3, -0.25) is 9.59 Å². The van der Waals surface area contributed by atoms with Crippen LogP contribution in [0, 0.1) is 0 Å². The first-order valence-corrected chi connectivity index (χ1v) is 14.6. The lowest BCUT2D eigenvalue weighted by molar-refractivity contribution is -0.146. The van der Waals surface area contributed by atoms with Crippen LogP contribution in [0.5, 0.6) is 0 Å². The summed E-state index contributed by atoms with van der Waals surface area (Å²) in [4.78, 5) is 29.6. The van der Waals surface area contributed by atoms with Gasteiger partial charge < -0.3 is 9.64 Å². The number of hydrogen-bond donors (Lipinski definition) is 1. The van der Waals surface area contributed by atoms with Crippen LogP contribution in [-0.4, -0.2) is 56.2 Å². The molecule has 1 aliphatic heterocycles. The van der Waals surface area contributed by atoms with Crippen molar-refractivity contribution in [3.05, 3.63) is 70.3 Å². The Morgan fingerprint density at radius 1 is 1.14 bits per heavy atom. The van der Waals surface area contributed by atoms with E-state index in [2.05, 4.69) is 23.0 Å². The number of nitrogens with zero attached hydrogens (tertiary/aromatic N) is 1. The average Bonchev–Trinajstić information content (AvgIpc) is 2.98. The topological polar surface area (TPSA) is 92.8 Å². The summed E-state index contributed by atoms with van der Waals surface area (Å²) in [6.07, 6.45) is 11.2. The summed E-state index contributed by atoms with van der Waals surface area (Å²) < 4.78 is 32.9. The van der Waals surface area contributed by atoms with Crippen LogP contribution >= 0.6 is 0 Å². The Morgan fingerprint density at radius 2 is 1.86 bits per heavy atom. The predicted octanol–water partition coefficient (Wildman–Crippen LogP) is 4.24. The normalized spacial score (nSPS) is 26.8. The molecule has 1 saturated carbocycles. The Hall–Kier alpha value is -2.71. The Kier molecular flexibility index (Phi) is 7.85. The maximum absolute atomic E-state index is 14.2. The highest BCUT2D eigenvalue weighted by molar-refractivity contribution is 7.88. The number of rotatable bonds is 6. The molecule has 2 aliphatic carbocycles. The molecule has 0 radical (unpaired) electrons. The van der Waals surface area contributed by atoms with Crippen molar-refractivity contribution in [1.29, 1.82) is 0 Å². The van der Waals surface area contributed by atoms with Crippen LogP contribution in [0.15, 0.2) is 59.2 Å². The van der Waals surface area contributed by atoms with E-state index in [1.54, 1.807) is 24.0 Å². The van der Waals surface area contributed by atoms with Gasteiger partial charge in [-0.25, -0.2) is 13.1 Å². The van der Waals surface area contributed by atoms with Gasteiger partial charge >= 0.3 is 5.97 Å². The number of carbonyl (C=O) groups is 2. The molecule has 0 spiro atoms. The summed E-state index contributed by atoms with van der Waals surface area (Å²) in [6.45, 7) is 6.05. The van der Waals surface area contributed by atoms with E-state index in [0.29, 0.717) is 30.4 Å². The smallest absolute Gasteiger partial charge is 0.315 e. The largest absolute Gasteiger partial charge is 0.465 e. The summed E-state index contributed by atoms with van der Waals surface area (Å²) in [5.74, 6) is -1.27. The van der Waals surface area contributed by atoms with Gasteiger partial charge in [0.15, 0.2) is 0 Å². The molecule has 1 aromatic carbocycles. The fraction of sp³-hybridized carbons (Fsp3) is 0.500. The molecule has 36 heavy (non-hydrogen) atoms. The molecule has 7 nitrogen and oxygen atoms in total. The van der Waals surface area contributed by atoms with E-state index < -0.39 is 28.0 Å². The van der Waals surface area contributed by atoms with Crippen molar-refractivity contribution in [2.45, 2.75) is 76.9 Å². The lowest BCUT2D eigenvalue weighted by Crippen LogP contribution is -2.62. The number of nitrogens with one attached hydrogen (secondary N) is 1. The number of hydrogen-bond acceptors (Lipinski definition) is 5. The number of ether oxygens (including phenoxy) is 1. The van der Waals surface area contributed by atoms with E-state index in [-0.39, 0.29) is 24.5 Å². The zero-order chi connectivity index (χ0) is 26.0. The van der Waals surface area contributed by atoms with Gasteiger partial charge in [-0.1, -0.05) is 54.8 Å². The highest BCUT2D eigenvalue weighted by Crippen LogP contribution is 2.43. The van der Waals surface area contributed by atoms with E-state index >= 15 is 0 Å². The molecule has 1 fully saturated rings. The van der Waals surface area contributed by atoms with Crippen LogP contribution in [0.4, 0.5) is 0 Å². The number of esters is 1. The summed E-state index contributed by atoms with van der Waals surface area (Å²) in [5.41, 5.74) is 4.15. The molecule has 4 rings (SSSR count). The summed E-state index contributed by atoms with van der Waals surface area (Å²) in [5, 5.41) is 0. The molecule has 3 aliphatic rings. The number of sulfonamides is 1. The number of benzene rings is 1. The van der Waals surface area contributed by atoms with Crippen LogP contribution in [-0.2, 0) is 19.6 Å². The van der Waals surface area contributed by atoms with Crippen LogP contribution in [0.2, 0.25) is 0 Å². The number of carbonyl (C=O) groups excluding carboxylic acids is 2.